The standard InChI is InChI=1S/C15H13N3O3S2/c1-9(19)17-15-18-13-4-3-10(6-14(13)22-15)11-5-12(8-16-7-11)23(2,20)21/h3-8H,1-2H3,(H,17,18,19). The number of benzene rings is 1. The number of nitrogens with zero attached hydrogens (tertiary/aromatic N) is 2. The molecule has 0 aliphatic rings. The summed E-state index contributed by atoms with van der Waals surface area (Å²) in [6, 6.07) is 7.18. The van der Waals surface area contributed by atoms with Crippen molar-refractivity contribution in [2.75, 3.05) is 11.6 Å². The Morgan fingerprint density at radius 1 is 1.17 bits per heavy atom. The van der Waals surface area contributed by atoms with Crippen LogP contribution in [-0.2, 0) is 14.6 Å². The summed E-state index contributed by atoms with van der Waals surface area (Å²) in [6.45, 7) is 1.43. The third kappa shape index (κ3) is 3.38. The minimum atomic E-state index is -3.30. The molecule has 0 saturated carbocycles. The van der Waals surface area contributed by atoms with Gasteiger partial charge in [0.2, 0.25) is 5.91 Å². The van der Waals surface area contributed by atoms with Gasteiger partial charge in [-0.1, -0.05) is 17.4 Å². The highest BCUT2D eigenvalue weighted by Gasteiger charge is 2.11. The normalized spacial score (nSPS) is 11.6. The molecule has 0 fully saturated rings. The maximum atomic E-state index is 11.6. The van der Waals surface area contributed by atoms with Crippen LogP contribution in [0.1, 0.15) is 6.92 Å². The lowest BCUT2D eigenvalue weighted by Crippen LogP contribution is -2.04. The molecule has 0 radical (unpaired) electrons. The maximum Gasteiger partial charge on any atom is 0.223 e. The molecule has 0 unspecified atom stereocenters. The number of aromatic nitrogens is 2. The summed E-state index contributed by atoms with van der Waals surface area (Å²) in [5.74, 6) is -0.172. The van der Waals surface area contributed by atoms with Gasteiger partial charge >= 0.3 is 0 Å². The lowest BCUT2D eigenvalue weighted by Gasteiger charge is -2.03. The van der Waals surface area contributed by atoms with E-state index in [1.807, 2.05) is 18.2 Å². The van der Waals surface area contributed by atoms with Crippen molar-refractivity contribution in [3.05, 3.63) is 36.7 Å². The molecule has 118 valence electrons. The zero-order chi connectivity index (χ0) is 16.6. The monoisotopic (exact) mass is 347 g/mol. The first-order valence-electron chi connectivity index (χ1n) is 6.66. The van der Waals surface area contributed by atoms with Crippen molar-refractivity contribution in [2.24, 2.45) is 0 Å². The van der Waals surface area contributed by atoms with Gasteiger partial charge in [0.15, 0.2) is 15.0 Å². The van der Waals surface area contributed by atoms with Crippen molar-refractivity contribution in [1.82, 2.24) is 9.97 Å². The predicted octanol–water partition coefficient (Wildman–Crippen LogP) is 2.72. The second-order valence-corrected chi connectivity index (χ2v) is 8.11. The number of sulfone groups is 1. The second kappa shape index (κ2) is 5.71. The number of amides is 1. The quantitative estimate of drug-likeness (QED) is 0.787. The van der Waals surface area contributed by atoms with E-state index in [0.29, 0.717) is 10.7 Å². The Morgan fingerprint density at radius 2 is 1.96 bits per heavy atom. The zero-order valence-electron chi connectivity index (χ0n) is 12.4. The van der Waals surface area contributed by atoms with Gasteiger partial charge in [0.1, 0.15) is 0 Å². The van der Waals surface area contributed by atoms with Gasteiger partial charge in [-0.15, -0.1) is 0 Å². The number of rotatable bonds is 3. The number of carbonyl (C=O) groups is 1. The maximum absolute atomic E-state index is 11.6. The van der Waals surface area contributed by atoms with E-state index in [1.165, 1.54) is 24.5 Å². The van der Waals surface area contributed by atoms with E-state index in [0.717, 1.165) is 22.0 Å². The number of carbonyl (C=O) groups excluding carboxylic acids is 1. The topological polar surface area (TPSA) is 89.0 Å². The first kappa shape index (κ1) is 15.6. The molecule has 3 rings (SSSR count). The molecule has 3 aromatic rings. The molecule has 6 nitrogen and oxygen atoms in total. The molecule has 2 aromatic heterocycles. The lowest BCUT2D eigenvalue weighted by atomic mass is 10.1. The van der Waals surface area contributed by atoms with Gasteiger partial charge in [0.05, 0.1) is 15.1 Å². The number of hydrogen-bond donors (Lipinski definition) is 1. The van der Waals surface area contributed by atoms with Crippen LogP contribution in [0.4, 0.5) is 5.13 Å². The first-order valence-corrected chi connectivity index (χ1v) is 9.37. The van der Waals surface area contributed by atoms with Crippen molar-refractivity contribution in [1.29, 1.82) is 0 Å². The van der Waals surface area contributed by atoms with Crippen LogP contribution in [-0.4, -0.2) is 30.5 Å². The fourth-order valence-electron chi connectivity index (χ4n) is 2.09. The average molecular weight is 347 g/mol. The van der Waals surface area contributed by atoms with Gasteiger partial charge in [-0.3, -0.25) is 9.78 Å². The average Bonchev–Trinajstić information content (AvgIpc) is 2.86. The molecule has 8 heteroatoms. The van der Waals surface area contributed by atoms with Crippen molar-refractivity contribution in [3.63, 3.8) is 0 Å². The van der Waals surface area contributed by atoms with Gasteiger partial charge in [-0.25, -0.2) is 13.4 Å². The van der Waals surface area contributed by atoms with Crippen LogP contribution in [0.3, 0.4) is 0 Å². The number of pyridine rings is 1. The molecule has 0 aliphatic carbocycles. The molecule has 1 aromatic carbocycles. The smallest absolute Gasteiger partial charge is 0.223 e. The molecule has 0 atom stereocenters. The fourth-order valence-corrected chi connectivity index (χ4v) is 3.63. The second-order valence-electron chi connectivity index (χ2n) is 5.06. The summed E-state index contributed by atoms with van der Waals surface area (Å²) < 4.78 is 24.2. The van der Waals surface area contributed by atoms with Crippen molar-refractivity contribution < 1.29 is 13.2 Å². The van der Waals surface area contributed by atoms with Crippen LogP contribution >= 0.6 is 11.3 Å². The van der Waals surface area contributed by atoms with Gasteiger partial charge in [0.25, 0.3) is 0 Å². The summed E-state index contributed by atoms with van der Waals surface area (Å²) in [4.78, 5) is 19.6. The molecule has 2 heterocycles. The molecule has 1 amide bonds. The number of fused-ring (bicyclic) bond motifs is 1. The van der Waals surface area contributed by atoms with Crippen molar-refractivity contribution >= 4 is 42.4 Å². The minimum absolute atomic E-state index is 0.172. The summed E-state index contributed by atoms with van der Waals surface area (Å²) >= 11 is 1.36. The van der Waals surface area contributed by atoms with Crippen LogP contribution in [0.2, 0.25) is 0 Å². The molecule has 0 aliphatic heterocycles. The van der Waals surface area contributed by atoms with E-state index < -0.39 is 9.84 Å². The summed E-state index contributed by atoms with van der Waals surface area (Å²) in [5, 5.41) is 3.19. The number of thiazole rings is 1. The largest absolute Gasteiger partial charge is 0.302 e. The molecular formula is C15H13N3O3S2. The third-order valence-electron chi connectivity index (χ3n) is 3.15. The summed E-state index contributed by atoms with van der Waals surface area (Å²) in [5.41, 5.74) is 2.33. The SMILES string of the molecule is CC(=O)Nc1nc2ccc(-c3cncc(S(C)(=O)=O)c3)cc2s1. The van der Waals surface area contributed by atoms with E-state index in [-0.39, 0.29) is 10.8 Å². The Balaban J connectivity index is 2.05. The minimum Gasteiger partial charge on any atom is -0.302 e. The third-order valence-corrected chi connectivity index (χ3v) is 5.16. The van der Waals surface area contributed by atoms with Crippen LogP contribution in [0.15, 0.2) is 41.6 Å². The fraction of sp³-hybridized carbons (Fsp3) is 0.133. The van der Waals surface area contributed by atoms with E-state index in [1.54, 1.807) is 12.3 Å². The van der Waals surface area contributed by atoms with Crippen LogP contribution in [0.25, 0.3) is 21.3 Å². The number of hydrogen-bond acceptors (Lipinski definition) is 6. The zero-order valence-corrected chi connectivity index (χ0v) is 14.0. The molecule has 0 spiro atoms. The van der Waals surface area contributed by atoms with Gasteiger partial charge < -0.3 is 5.32 Å². The van der Waals surface area contributed by atoms with Gasteiger partial charge in [-0.2, -0.15) is 0 Å². The van der Waals surface area contributed by atoms with Crippen molar-refractivity contribution in [2.45, 2.75) is 11.8 Å². The van der Waals surface area contributed by atoms with E-state index in [2.05, 4.69) is 15.3 Å². The Hall–Kier alpha value is -2.32. The lowest BCUT2D eigenvalue weighted by molar-refractivity contribution is -0.114. The Bertz CT molecular complexity index is 1010. The molecule has 0 saturated heterocycles. The molecule has 23 heavy (non-hydrogen) atoms. The number of anilines is 1. The molecule has 1 N–H and O–H groups in total. The highest BCUT2D eigenvalue weighted by molar-refractivity contribution is 7.90. The highest BCUT2D eigenvalue weighted by Crippen LogP contribution is 2.30. The predicted molar refractivity (Wildman–Crippen MR) is 90.3 cm³/mol. The Kier molecular flexibility index (Phi) is 3.87. The first-order chi connectivity index (χ1) is 10.8. The van der Waals surface area contributed by atoms with E-state index >= 15 is 0 Å². The van der Waals surface area contributed by atoms with E-state index in [4.69, 9.17) is 0 Å². The van der Waals surface area contributed by atoms with Gasteiger partial charge in [-0.05, 0) is 23.8 Å². The highest BCUT2D eigenvalue weighted by atomic mass is 32.2. The molecule has 0 bridgehead atoms. The summed E-state index contributed by atoms with van der Waals surface area (Å²) in [7, 11) is -3.30. The van der Waals surface area contributed by atoms with Crippen LogP contribution < -0.4 is 5.32 Å². The number of nitrogens with one attached hydrogen (secondary N) is 1. The van der Waals surface area contributed by atoms with Crippen LogP contribution in [0.5, 0.6) is 0 Å². The Labute approximate surface area is 137 Å². The Morgan fingerprint density at radius 3 is 2.65 bits per heavy atom. The van der Waals surface area contributed by atoms with Crippen molar-refractivity contribution in [3.8, 4) is 11.1 Å². The molecular weight excluding hydrogens is 334 g/mol. The van der Waals surface area contributed by atoms with Gasteiger partial charge in [0, 0.05) is 31.1 Å². The van der Waals surface area contributed by atoms with Crippen LogP contribution in [0, 0.1) is 0 Å². The van der Waals surface area contributed by atoms with E-state index in [9.17, 15) is 13.2 Å². The summed E-state index contributed by atoms with van der Waals surface area (Å²) in [6.07, 6.45) is 4.10.